The molecule has 0 unspecified atom stereocenters. The smallest absolute Gasteiger partial charge is 0.261 e. The van der Waals surface area contributed by atoms with Crippen molar-refractivity contribution in [3.05, 3.63) is 89.1 Å². The molecule has 1 heterocycles. The molecule has 144 valence electrons. The Morgan fingerprint density at radius 2 is 1.61 bits per heavy atom. The topological polar surface area (TPSA) is 36.4 Å². The third kappa shape index (κ3) is 4.52. The normalized spacial score (nSPS) is 10.5. The van der Waals surface area contributed by atoms with Gasteiger partial charge < -0.3 is 4.90 Å². The lowest BCUT2D eigenvalue weighted by Crippen LogP contribution is -2.31. The van der Waals surface area contributed by atoms with Crippen LogP contribution in [0.3, 0.4) is 0 Å². The summed E-state index contributed by atoms with van der Waals surface area (Å²) in [6.45, 7) is 6.62. The van der Waals surface area contributed by atoms with Gasteiger partial charge in [-0.15, -0.1) is 0 Å². The van der Waals surface area contributed by atoms with E-state index in [0.717, 1.165) is 18.7 Å². The Balaban J connectivity index is 1.90. The summed E-state index contributed by atoms with van der Waals surface area (Å²) in [6.07, 6.45) is 1.69. The van der Waals surface area contributed by atoms with Crippen LogP contribution in [0.15, 0.2) is 72.9 Å². The fourth-order valence-electron chi connectivity index (χ4n) is 3.13. The molecule has 1 amide bonds. The van der Waals surface area contributed by atoms with E-state index in [1.54, 1.807) is 23.2 Å². The van der Waals surface area contributed by atoms with Crippen LogP contribution in [0.1, 0.15) is 29.8 Å². The summed E-state index contributed by atoms with van der Waals surface area (Å²) in [5.74, 6) is 0.428. The number of carbonyl (C=O) groups is 1. The maximum atomic E-state index is 13.2. The van der Waals surface area contributed by atoms with Crippen molar-refractivity contribution in [2.24, 2.45) is 0 Å². The zero-order chi connectivity index (χ0) is 19.9. The van der Waals surface area contributed by atoms with Crippen LogP contribution in [0.25, 0.3) is 0 Å². The summed E-state index contributed by atoms with van der Waals surface area (Å²) < 4.78 is 0. The largest absolute Gasteiger partial charge is 0.372 e. The van der Waals surface area contributed by atoms with Crippen molar-refractivity contribution in [1.82, 2.24) is 4.98 Å². The van der Waals surface area contributed by atoms with Gasteiger partial charge in [-0.2, -0.15) is 0 Å². The number of benzene rings is 2. The summed E-state index contributed by atoms with van der Waals surface area (Å²) in [4.78, 5) is 21.6. The van der Waals surface area contributed by atoms with Gasteiger partial charge in [0, 0.05) is 25.0 Å². The fourth-order valence-corrected chi connectivity index (χ4v) is 3.35. The van der Waals surface area contributed by atoms with E-state index < -0.39 is 0 Å². The first kappa shape index (κ1) is 19.9. The first-order chi connectivity index (χ1) is 13.6. The highest BCUT2D eigenvalue weighted by atomic mass is 35.5. The summed E-state index contributed by atoms with van der Waals surface area (Å²) in [7, 11) is 0. The molecule has 0 aliphatic carbocycles. The molecule has 3 aromatic rings. The van der Waals surface area contributed by atoms with Gasteiger partial charge in [-0.05, 0) is 55.8 Å². The molecule has 0 aliphatic heterocycles. The van der Waals surface area contributed by atoms with Gasteiger partial charge >= 0.3 is 0 Å². The lowest BCUT2D eigenvalue weighted by atomic mass is 10.1. The Labute approximate surface area is 171 Å². The molecule has 0 aliphatic rings. The second-order valence-electron chi connectivity index (χ2n) is 6.40. The maximum absolute atomic E-state index is 13.2. The number of hydrogen-bond donors (Lipinski definition) is 0. The Bertz CT molecular complexity index is 909. The standard InChI is InChI=1S/C23H24ClN3O/c1-3-26(4-2)19-14-12-18(13-15-19)17-27(22-11-7-8-16-25-22)23(28)20-9-5-6-10-21(20)24/h5-16H,3-4,17H2,1-2H3. The fraction of sp³-hybridized carbons (Fsp3) is 0.217. The Morgan fingerprint density at radius 3 is 2.21 bits per heavy atom. The number of halogens is 1. The van der Waals surface area contributed by atoms with Crippen molar-refractivity contribution in [1.29, 1.82) is 0 Å². The van der Waals surface area contributed by atoms with Gasteiger partial charge in [0.25, 0.3) is 5.91 Å². The molecule has 0 atom stereocenters. The number of hydrogen-bond acceptors (Lipinski definition) is 3. The average Bonchev–Trinajstić information content (AvgIpc) is 2.74. The molecule has 1 aromatic heterocycles. The number of aromatic nitrogens is 1. The lowest BCUT2D eigenvalue weighted by molar-refractivity contribution is 0.0984. The van der Waals surface area contributed by atoms with Gasteiger partial charge in [-0.1, -0.05) is 41.9 Å². The van der Waals surface area contributed by atoms with E-state index in [2.05, 4.69) is 48.0 Å². The predicted octanol–water partition coefficient (Wildman–Crippen LogP) is 5.43. The first-order valence-corrected chi connectivity index (χ1v) is 9.83. The van der Waals surface area contributed by atoms with Crippen molar-refractivity contribution < 1.29 is 4.79 Å². The van der Waals surface area contributed by atoms with Crippen LogP contribution in [0.4, 0.5) is 11.5 Å². The first-order valence-electron chi connectivity index (χ1n) is 9.45. The molecule has 0 radical (unpaired) electrons. The van der Waals surface area contributed by atoms with Crippen molar-refractivity contribution >= 4 is 29.0 Å². The van der Waals surface area contributed by atoms with Gasteiger partial charge in [-0.3, -0.25) is 9.69 Å². The van der Waals surface area contributed by atoms with Crippen LogP contribution in [0.5, 0.6) is 0 Å². The Kier molecular flexibility index (Phi) is 6.66. The monoisotopic (exact) mass is 393 g/mol. The van der Waals surface area contributed by atoms with Gasteiger partial charge in [-0.25, -0.2) is 4.98 Å². The van der Waals surface area contributed by atoms with E-state index in [1.807, 2.05) is 30.3 Å². The van der Waals surface area contributed by atoms with Crippen LogP contribution in [0.2, 0.25) is 5.02 Å². The van der Waals surface area contributed by atoms with Crippen LogP contribution in [0, 0.1) is 0 Å². The molecule has 0 saturated carbocycles. The third-order valence-electron chi connectivity index (χ3n) is 4.68. The van der Waals surface area contributed by atoms with E-state index >= 15 is 0 Å². The molecule has 0 fully saturated rings. The highest BCUT2D eigenvalue weighted by Crippen LogP contribution is 2.23. The second-order valence-corrected chi connectivity index (χ2v) is 6.81. The highest BCUT2D eigenvalue weighted by molar-refractivity contribution is 6.34. The van der Waals surface area contributed by atoms with Crippen molar-refractivity contribution in [2.45, 2.75) is 20.4 Å². The van der Waals surface area contributed by atoms with Crippen LogP contribution >= 0.6 is 11.6 Å². The molecule has 0 N–H and O–H groups in total. The molecule has 4 nitrogen and oxygen atoms in total. The van der Waals surface area contributed by atoms with Gasteiger partial charge in [0.15, 0.2) is 0 Å². The molecule has 0 saturated heterocycles. The van der Waals surface area contributed by atoms with E-state index in [1.165, 1.54) is 5.69 Å². The van der Waals surface area contributed by atoms with Crippen molar-refractivity contribution in [3.63, 3.8) is 0 Å². The molecule has 0 bridgehead atoms. The Morgan fingerprint density at radius 1 is 0.929 bits per heavy atom. The van der Waals surface area contributed by atoms with Gasteiger partial charge in [0.1, 0.15) is 5.82 Å². The number of amides is 1. The molecule has 3 rings (SSSR count). The molecule has 0 spiro atoms. The lowest BCUT2D eigenvalue weighted by Gasteiger charge is -2.24. The molecule has 28 heavy (non-hydrogen) atoms. The minimum Gasteiger partial charge on any atom is -0.372 e. The molecular formula is C23H24ClN3O. The van der Waals surface area contributed by atoms with E-state index in [-0.39, 0.29) is 5.91 Å². The summed E-state index contributed by atoms with van der Waals surface area (Å²) in [6, 6.07) is 20.9. The van der Waals surface area contributed by atoms with Crippen molar-refractivity contribution in [2.75, 3.05) is 22.9 Å². The molecule has 5 heteroatoms. The number of anilines is 2. The predicted molar refractivity (Wildman–Crippen MR) is 116 cm³/mol. The van der Waals surface area contributed by atoms with Crippen LogP contribution in [-0.4, -0.2) is 24.0 Å². The minimum absolute atomic E-state index is 0.169. The minimum atomic E-state index is -0.169. The quantitative estimate of drug-likeness (QED) is 0.537. The van der Waals surface area contributed by atoms with Crippen LogP contribution in [-0.2, 0) is 6.54 Å². The second kappa shape index (κ2) is 9.38. The van der Waals surface area contributed by atoms with E-state index in [9.17, 15) is 4.79 Å². The van der Waals surface area contributed by atoms with Crippen LogP contribution < -0.4 is 9.80 Å². The van der Waals surface area contributed by atoms with Gasteiger partial charge in [0.05, 0.1) is 17.1 Å². The molecular weight excluding hydrogens is 370 g/mol. The summed E-state index contributed by atoms with van der Waals surface area (Å²) in [5.41, 5.74) is 2.67. The zero-order valence-corrected chi connectivity index (χ0v) is 16.9. The zero-order valence-electron chi connectivity index (χ0n) is 16.2. The summed E-state index contributed by atoms with van der Waals surface area (Å²) >= 11 is 6.27. The van der Waals surface area contributed by atoms with E-state index in [4.69, 9.17) is 11.6 Å². The average molecular weight is 394 g/mol. The number of nitrogens with zero attached hydrogens (tertiary/aromatic N) is 3. The number of pyridine rings is 1. The Hall–Kier alpha value is -2.85. The maximum Gasteiger partial charge on any atom is 0.261 e. The van der Waals surface area contributed by atoms with E-state index in [0.29, 0.717) is 22.9 Å². The number of rotatable bonds is 7. The SMILES string of the molecule is CCN(CC)c1ccc(CN(C(=O)c2ccccc2Cl)c2ccccn2)cc1. The van der Waals surface area contributed by atoms with Gasteiger partial charge in [0.2, 0.25) is 0 Å². The van der Waals surface area contributed by atoms with Crippen molar-refractivity contribution in [3.8, 4) is 0 Å². The number of carbonyl (C=O) groups excluding carboxylic acids is 1. The third-order valence-corrected chi connectivity index (χ3v) is 5.01. The molecule has 2 aromatic carbocycles. The summed E-state index contributed by atoms with van der Waals surface area (Å²) in [5, 5.41) is 0.435. The highest BCUT2D eigenvalue weighted by Gasteiger charge is 2.21.